The van der Waals surface area contributed by atoms with Crippen LogP contribution in [0.2, 0.25) is 0 Å². The molecule has 0 aromatic carbocycles. The summed E-state index contributed by atoms with van der Waals surface area (Å²) in [5, 5.41) is 0. The summed E-state index contributed by atoms with van der Waals surface area (Å²) < 4.78 is 0. The smallest absolute Gasteiger partial charge is 0.0239 e. The van der Waals surface area contributed by atoms with Gasteiger partial charge in [0, 0.05) is 0 Å². The van der Waals surface area contributed by atoms with Crippen LogP contribution in [0.4, 0.5) is 0 Å². The third-order valence-electron chi connectivity index (χ3n) is 2.25. The second-order valence-electron chi connectivity index (χ2n) is 3.98. The van der Waals surface area contributed by atoms with Crippen molar-refractivity contribution in [2.45, 2.75) is 88.5 Å². The van der Waals surface area contributed by atoms with Gasteiger partial charge in [0.05, 0.1) is 0 Å². The molecule has 1 atom stereocenters. The summed E-state index contributed by atoms with van der Waals surface area (Å²) in [5.74, 6) is 1.52. The van der Waals surface area contributed by atoms with Gasteiger partial charge in [0.2, 0.25) is 0 Å². The van der Waals surface area contributed by atoms with E-state index in [0.29, 0.717) is 0 Å². The van der Waals surface area contributed by atoms with Gasteiger partial charge in [-0.15, -0.1) is 0 Å². The van der Waals surface area contributed by atoms with Crippen LogP contribution in [0.25, 0.3) is 0 Å². The fraction of sp³-hybridized carbons (Fsp3) is 0.882. The van der Waals surface area contributed by atoms with Crippen molar-refractivity contribution in [2.24, 2.45) is 11.8 Å². The number of hydrogen-bond acceptors (Lipinski definition) is 0. The molecule has 0 bridgehead atoms. The largest absolute Gasteiger partial charge is 0.0914 e. The standard InChI is InChI=1S/C8H16.C5H12.2C2H6/c1-5-6-8(4)7(2)3;1-3-5-4-2;2*1-2/h5-8H,1-4H3;3-5H2,1-2H3;2*1-2H3/b6-5-;;;. The normalized spacial score (nSPS) is 10.5. The summed E-state index contributed by atoms with van der Waals surface area (Å²) in [6.07, 6.45) is 8.43. The average molecular weight is 245 g/mol. The lowest BCUT2D eigenvalue weighted by Gasteiger charge is -2.08. The molecule has 108 valence electrons. The van der Waals surface area contributed by atoms with Crippen LogP contribution in [-0.2, 0) is 0 Å². The van der Waals surface area contributed by atoms with Crippen molar-refractivity contribution < 1.29 is 0 Å². The third kappa shape index (κ3) is 38.9. The quantitative estimate of drug-likeness (QED) is 0.462. The van der Waals surface area contributed by atoms with Crippen LogP contribution in [0.3, 0.4) is 0 Å². The van der Waals surface area contributed by atoms with E-state index in [1.54, 1.807) is 0 Å². The molecular formula is C17H40. The predicted octanol–water partition coefficient (Wildman–Crippen LogP) is 7.10. The molecular weight excluding hydrogens is 204 g/mol. The highest BCUT2D eigenvalue weighted by atomic mass is 14.0. The summed E-state index contributed by atoms with van der Waals surface area (Å²) in [5.41, 5.74) is 0. The van der Waals surface area contributed by atoms with E-state index in [1.165, 1.54) is 19.3 Å². The molecule has 0 saturated heterocycles. The highest BCUT2D eigenvalue weighted by Crippen LogP contribution is 2.09. The van der Waals surface area contributed by atoms with Crippen LogP contribution in [0.1, 0.15) is 88.5 Å². The fourth-order valence-corrected chi connectivity index (χ4v) is 0.879. The lowest BCUT2D eigenvalue weighted by atomic mass is 9.98. The first-order valence-corrected chi connectivity index (χ1v) is 7.72. The molecule has 17 heavy (non-hydrogen) atoms. The Kier molecular flexibility index (Phi) is 44.6. The van der Waals surface area contributed by atoms with Crippen LogP contribution in [0.15, 0.2) is 12.2 Å². The van der Waals surface area contributed by atoms with Crippen LogP contribution < -0.4 is 0 Å². The lowest BCUT2D eigenvalue weighted by molar-refractivity contribution is 0.504. The molecule has 0 aromatic heterocycles. The maximum Gasteiger partial charge on any atom is -0.0239 e. The molecule has 0 aliphatic heterocycles. The number of hydrogen-bond donors (Lipinski definition) is 0. The van der Waals surface area contributed by atoms with Gasteiger partial charge in [-0.1, -0.05) is 93.7 Å². The molecule has 0 aliphatic carbocycles. The number of allylic oxidation sites excluding steroid dienone is 2. The molecule has 0 aliphatic rings. The highest BCUT2D eigenvalue weighted by molar-refractivity contribution is 4.84. The van der Waals surface area contributed by atoms with Crippen molar-refractivity contribution >= 4 is 0 Å². The Balaban J connectivity index is -0.0000000809. The molecule has 0 radical (unpaired) electrons. The average Bonchev–Trinajstić information content (AvgIpc) is 2.36. The van der Waals surface area contributed by atoms with Crippen LogP contribution in [0.5, 0.6) is 0 Å². The molecule has 0 spiro atoms. The summed E-state index contributed by atoms with van der Waals surface area (Å²) in [7, 11) is 0. The maximum atomic E-state index is 2.24. The van der Waals surface area contributed by atoms with Gasteiger partial charge < -0.3 is 0 Å². The Labute approximate surface area is 113 Å². The van der Waals surface area contributed by atoms with Gasteiger partial charge in [0.25, 0.3) is 0 Å². The predicted molar refractivity (Wildman–Crippen MR) is 86.7 cm³/mol. The minimum Gasteiger partial charge on any atom is -0.0914 e. The Bertz CT molecular complexity index is 98.6. The number of unbranched alkanes of at least 4 members (excludes halogenated alkanes) is 2. The molecule has 0 heteroatoms. The molecule has 0 rings (SSSR count). The molecule has 0 N–H and O–H groups in total. The van der Waals surface area contributed by atoms with Crippen LogP contribution in [0, 0.1) is 11.8 Å². The van der Waals surface area contributed by atoms with E-state index >= 15 is 0 Å². The summed E-state index contributed by atoms with van der Waals surface area (Å²) >= 11 is 0. The van der Waals surface area contributed by atoms with Gasteiger partial charge in [0.1, 0.15) is 0 Å². The topological polar surface area (TPSA) is 0 Å². The van der Waals surface area contributed by atoms with Gasteiger partial charge in [-0.2, -0.15) is 0 Å². The Morgan fingerprint density at radius 2 is 1.18 bits per heavy atom. The van der Waals surface area contributed by atoms with Gasteiger partial charge in [0.15, 0.2) is 0 Å². The summed E-state index contributed by atoms with van der Waals surface area (Å²) in [6.45, 7) is 21.2. The van der Waals surface area contributed by atoms with E-state index in [0.717, 1.165) is 11.8 Å². The Morgan fingerprint density at radius 3 is 1.24 bits per heavy atom. The van der Waals surface area contributed by atoms with Crippen molar-refractivity contribution in [2.75, 3.05) is 0 Å². The Hall–Kier alpha value is -0.260. The van der Waals surface area contributed by atoms with E-state index in [2.05, 4.69) is 53.7 Å². The molecule has 0 aromatic rings. The van der Waals surface area contributed by atoms with E-state index in [9.17, 15) is 0 Å². The zero-order chi connectivity index (χ0) is 14.7. The molecule has 0 fully saturated rings. The zero-order valence-electron chi connectivity index (χ0n) is 14.4. The Morgan fingerprint density at radius 1 is 0.824 bits per heavy atom. The SMILES string of the molecule is C/C=C\C(C)C(C)C.CC.CC.CCCCC. The molecule has 0 amide bonds. The van der Waals surface area contributed by atoms with E-state index < -0.39 is 0 Å². The monoisotopic (exact) mass is 244 g/mol. The van der Waals surface area contributed by atoms with E-state index in [-0.39, 0.29) is 0 Å². The minimum absolute atomic E-state index is 0.736. The van der Waals surface area contributed by atoms with Crippen LogP contribution in [-0.4, -0.2) is 0 Å². The third-order valence-corrected chi connectivity index (χ3v) is 2.25. The van der Waals surface area contributed by atoms with Crippen molar-refractivity contribution in [1.29, 1.82) is 0 Å². The van der Waals surface area contributed by atoms with E-state index in [1.807, 2.05) is 27.7 Å². The van der Waals surface area contributed by atoms with E-state index in [4.69, 9.17) is 0 Å². The first-order chi connectivity index (χ1) is 8.09. The van der Waals surface area contributed by atoms with Crippen LogP contribution >= 0.6 is 0 Å². The zero-order valence-corrected chi connectivity index (χ0v) is 14.4. The second-order valence-corrected chi connectivity index (χ2v) is 3.98. The second kappa shape index (κ2) is 29.6. The number of rotatable bonds is 4. The first-order valence-electron chi connectivity index (χ1n) is 7.72. The lowest BCUT2D eigenvalue weighted by Crippen LogP contribution is -1.98. The molecule has 0 heterocycles. The summed E-state index contributed by atoms with van der Waals surface area (Å²) in [4.78, 5) is 0. The molecule has 0 nitrogen and oxygen atoms in total. The van der Waals surface area contributed by atoms with Crippen molar-refractivity contribution in [3.8, 4) is 0 Å². The maximum absolute atomic E-state index is 2.24. The van der Waals surface area contributed by atoms with Crippen molar-refractivity contribution in [1.82, 2.24) is 0 Å². The highest BCUT2D eigenvalue weighted by Gasteiger charge is 1.99. The van der Waals surface area contributed by atoms with Gasteiger partial charge in [-0.3, -0.25) is 0 Å². The van der Waals surface area contributed by atoms with Crippen molar-refractivity contribution in [3.63, 3.8) is 0 Å². The van der Waals surface area contributed by atoms with Gasteiger partial charge >= 0.3 is 0 Å². The summed E-state index contributed by atoms with van der Waals surface area (Å²) in [6, 6.07) is 0. The van der Waals surface area contributed by atoms with Crippen molar-refractivity contribution in [3.05, 3.63) is 12.2 Å². The first kappa shape index (κ1) is 25.6. The molecule has 0 saturated carbocycles. The fourth-order valence-electron chi connectivity index (χ4n) is 0.879. The minimum atomic E-state index is 0.736. The van der Waals surface area contributed by atoms with Gasteiger partial charge in [-0.25, -0.2) is 0 Å². The van der Waals surface area contributed by atoms with Gasteiger partial charge in [-0.05, 0) is 18.8 Å². The molecule has 1 unspecified atom stereocenters.